The molecule has 1 fully saturated rings. The largest absolute Gasteiger partial charge is 0.367 e. The summed E-state index contributed by atoms with van der Waals surface area (Å²) in [5, 5.41) is 3.49. The molecule has 0 aliphatic carbocycles. The van der Waals surface area contributed by atoms with Crippen molar-refractivity contribution in [3.05, 3.63) is 95.0 Å². The highest BCUT2D eigenvalue weighted by Crippen LogP contribution is 2.30. The van der Waals surface area contributed by atoms with Gasteiger partial charge in [0.15, 0.2) is 0 Å². The Hall–Kier alpha value is -3.31. The molecule has 0 unspecified atom stereocenters. The molecule has 0 bridgehead atoms. The van der Waals surface area contributed by atoms with Crippen LogP contribution in [0.5, 0.6) is 0 Å². The van der Waals surface area contributed by atoms with Gasteiger partial charge < -0.3 is 15.1 Å². The van der Waals surface area contributed by atoms with E-state index in [0.717, 1.165) is 11.3 Å². The average Bonchev–Trinajstić information content (AvgIpc) is 2.80. The molecule has 5 nitrogen and oxygen atoms in total. The van der Waals surface area contributed by atoms with E-state index in [9.17, 15) is 9.59 Å². The van der Waals surface area contributed by atoms with Crippen molar-refractivity contribution < 1.29 is 9.59 Å². The highest BCUT2D eigenvalue weighted by atomic mass is 35.5. The molecule has 1 aliphatic rings. The lowest BCUT2D eigenvalue weighted by Gasteiger charge is -2.36. The van der Waals surface area contributed by atoms with E-state index in [1.807, 2.05) is 77.7 Å². The number of hydrogen-bond donors (Lipinski definition) is 1. The fourth-order valence-electron chi connectivity index (χ4n) is 3.74. The second-order valence-electron chi connectivity index (χ2n) is 7.52. The SMILES string of the molecule is O=C(Cc1ccccc1)Nc1ccc(N2CCN(C(=O)c3ccccc3)CC2)c(Cl)c1. The van der Waals surface area contributed by atoms with Gasteiger partial charge in [-0.15, -0.1) is 0 Å². The summed E-state index contributed by atoms with van der Waals surface area (Å²) < 4.78 is 0. The number of piperazine rings is 1. The Labute approximate surface area is 187 Å². The molecule has 1 saturated heterocycles. The molecule has 3 aromatic carbocycles. The first-order chi connectivity index (χ1) is 15.1. The lowest BCUT2D eigenvalue weighted by atomic mass is 10.1. The minimum atomic E-state index is -0.0805. The lowest BCUT2D eigenvalue weighted by Crippen LogP contribution is -2.48. The Kier molecular flexibility index (Phi) is 6.53. The second kappa shape index (κ2) is 9.67. The topological polar surface area (TPSA) is 52.7 Å². The lowest BCUT2D eigenvalue weighted by molar-refractivity contribution is -0.115. The van der Waals surface area contributed by atoms with Crippen LogP contribution in [-0.2, 0) is 11.2 Å². The molecule has 0 radical (unpaired) electrons. The third-order valence-electron chi connectivity index (χ3n) is 5.37. The zero-order chi connectivity index (χ0) is 21.6. The summed E-state index contributed by atoms with van der Waals surface area (Å²) in [4.78, 5) is 29.0. The molecule has 0 saturated carbocycles. The van der Waals surface area contributed by atoms with E-state index in [2.05, 4.69) is 10.2 Å². The summed E-state index contributed by atoms with van der Waals surface area (Å²) in [5.74, 6) is -0.0223. The van der Waals surface area contributed by atoms with E-state index in [-0.39, 0.29) is 11.8 Å². The third-order valence-corrected chi connectivity index (χ3v) is 5.67. The van der Waals surface area contributed by atoms with Crippen LogP contribution in [0.1, 0.15) is 15.9 Å². The van der Waals surface area contributed by atoms with E-state index in [1.165, 1.54) is 0 Å². The number of halogens is 1. The summed E-state index contributed by atoms with van der Waals surface area (Å²) in [5.41, 5.74) is 3.26. The first-order valence-corrected chi connectivity index (χ1v) is 10.7. The molecular formula is C25H24ClN3O2. The van der Waals surface area contributed by atoms with Gasteiger partial charge in [0.2, 0.25) is 5.91 Å². The summed E-state index contributed by atoms with van der Waals surface area (Å²) in [6.45, 7) is 2.69. The highest BCUT2D eigenvalue weighted by molar-refractivity contribution is 6.33. The first-order valence-electron chi connectivity index (χ1n) is 10.3. The highest BCUT2D eigenvalue weighted by Gasteiger charge is 2.23. The number of nitrogens with one attached hydrogen (secondary N) is 1. The maximum Gasteiger partial charge on any atom is 0.253 e. The van der Waals surface area contributed by atoms with Crippen molar-refractivity contribution in [2.24, 2.45) is 0 Å². The summed E-state index contributed by atoms with van der Waals surface area (Å²) in [6.07, 6.45) is 0.317. The smallest absolute Gasteiger partial charge is 0.253 e. The van der Waals surface area contributed by atoms with Gasteiger partial charge in [0, 0.05) is 37.4 Å². The minimum Gasteiger partial charge on any atom is -0.367 e. The van der Waals surface area contributed by atoms with E-state index in [4.69, 9.17) is 11.6 Å². The number of carbonyl (C=O) groups excluding carboxylic acids is 2. The van der Waals surface area contributed by atoms with Crippen LogP contribution in [-0.4, -0.2) is 42.9 Å². The van der Waals surface area contributed by atoms with E-state index < -0.39 is 0 Å². The standard InChI is InChI=1S/C25H24ClN3O2/c26-22-18-21(27-24(30)17-19-7-3-1-4-8-19)11-12-23(22)28-13-15-29(16-14-28)25(31)20-9-5-2-6-10-20/h1-12,18H,13-17H2,(H,27,30). The molecule has 4 rings (SSSR count). The number of carbonyl (C=O) groups is 2. The van der Waals surface area contributed by atoms with E-state index >= 15 is 0 Å². The molecule has 6 heteroatoms. The van der Waals surface area contributed by atoms with Crippen molar-refractivity contribution in [2.75, 3.05) is 36.4 Å². The summed E-state index contributed by atoms with van der Waals surface area (Å²) in [6, 6.07) is 24.5. The van der Waals surface area contributed by atoms with Crippen LogP contribution in [0.4, 0.5) is 11.4 Å². The van der Waals surface area contributed by atoms with Crippen molar-refractivity contribution >= 4 is 34.8 Å². The van der Waals surface area contributed by atoms with Gasteiger partial charge in [0.05, 0.1) is 17.1 Å². The molecule has 2 amide bonds. The zero-order valence-corrected chi connectivity index (χ0v) is 17.9. The fraction of sp³-hybridized carbons (Fsp3) is 0.200. The molecule has 3 aromatic rings. The van der Waals surface area contributed by atoms with Gasteiger partial charge >= 0.3 is 0 Å². The Morgan fingerprint density at radius 1 is 0.839 bits per heavy atom. The van der Waals surface area contributed by atoms with Crippen LogP contribution >= 0.6 is 11.6 Å². The van der Waals surface area contributed by atoms with Gasteiger partial charge in [-0.1, -0.05) is 60.1 Å². The number of hydrogen-bond acceptors (Lipinski definition) is 3. The van der Waals surface area contributed by atoms with Gasteiger partial charge in [-0.25, -0.2) is 0 Å². The Morgan fingerprint density at radius 2 is 1.48 bits per heavy atom. The third kappa shape index (κ3) is 5.25. The predicted molar refractivity (Wildman–Crippen MR) is 125 cm³/mol. The summed E-state index contributed by atoms with van der Waals surface area (Å²) in [7, 11) is 0. The Morgan fingerprint density at radius 3 is 2.13 bits per heavy atom. The van der Waals surface area contributed by atoms with E-state index in [1.54, 1.807) is 6.07 Å². The van der Waals surface area contributed by atoms with Gasteiger partial charge in [-0.05, 0) is 35.9 Å². The van der Waals surface area contributed by atoms with Crippen molar-refractivity contribution in [3.63, 3.8) is 0 Å². The first kappa shape index (κ1) is 20.9. The number of amides is 2. The number of benzene rings is 3. The molecule has 1 heterocycles. The van der Waals surface area contributed by atoms with Gasteiger partial charge in [-0.2, -0.15) is 0 Å². The number of rotatable bonds is 5. The number of anilines is 2. The van der Waals surface area contributed by atoms with E-state index in [0.29, 0.717) is 48.9 Å². The number of nitrogens with zero attached hydrogens (tertiary/aromatic N) is 2. The summed E-state index contributed by atoms with van der Waals surface area (Å²) >= 11 is 6.53. The van der Waals surface area contributed by atoms with Crippen LogP contribution in [0.3, 0.4) is 0 Å². The van der Waals surface area contributed by atoms with Crippen molar-refractivity contribution in [1.82, 2.24) is 4.90 Å². The molecule has 1 N–H and O–H groups in total. The molecule has 31 heavy (non-hydrogen) atoms. The van der Waals surface area contributed by atoms with Crippen molar-refractivity contribution in [3.8, 4) is 0 Å². The quantitative estimate of drug-likeness (QED) is 0.645. The monoisotopic (exact) mass is 433 g/mol. The molecule has 158 valence electrons. The van der Waals surface area contributed by atoms with Crippen LogP contribution < -0.4 is 10.2 Å². The zero-order valence-electron chi connectivity index (χ0n) is 17.1. The van der Waals surface area contributed by atoms with Crippen molar-refractivity contribution in [1.29, 1.82) is 0 Å². The molecule has 0 spiro atoms. The van der Waals surface area contributed by atoms with Gasteiger partial charge in [0.25, 0.3) is 5.91 Å². The van der Waals surface area contributed by atoms with Crippen LogP contribution in [0.25, 0.3) is 0 Å². The Bertz CT molecular complexity index is 1050. The average molecular weight is 434 g/mol. The maximum absolute atomic E-state index is 12.6. The van der Waals surface area contributed by atoms with Crippen LogP contribution in [0.15, 0.2) is 78.9 Å². The Balaban J connectivity index is 1.34. The normalized spacial score (nSPS) is 13.7. The predicted octanol–water partition coefficient (Wildman–Crippen LogP) is 4.48. The molecule has 0 aromatic heterocycles. The minimum absolute atomic E-state index is 0.0582. The van der Waals surface area contributed by atoms with Crippen LogP contribution in [0.2, 0.25) is 5.02 Å². The molecule has 1 aliphatic heterocycles. The molecular weight excluding hydrogens is 410 g/mol. The fourth-order valence-corrected chi connectivity index (χ4v) is 4.04. The maximum atomic E-state index is 12.6. The van der Waals surface area contributed by atoms with Crippen LogP contribution in [0, 0.1) is 0 Å². The second-order valence-corrected chi connectivity index (χ2v) is 7.93. The van der Waals surface area contributed by atoms with Crippen molar-refractivity contribution in [2.45, 2.75) is 6.42 Å². The molecule has 0 atom stereocenters. The van der Waals surface area contributed by atoms with Gasteiger partial charge in [0.1, 0.15) is 0 Å². The van der Waals surface area contributed by atoms with Gasteiger partial charge in [-0.3, -0.25) is 9.59 Å².